The minimum Gasteiger partial charge on any atom is -0.480 e. The number of benzene rings is 1. The molecule has 12 nitrogen and oxygen atoms in total. The van der Waals surface area contributed by atoms with Crippen LogP contribution in [0.2, 0.25) is 0 Å². The number of hydrogen-bond donors (Lipinski definition) is 7. The molecule has 0 fully saturated rings. The lowest BCUT2D eigenvalue weighted by molar-refractivity contribution is -0.145. The largest absolute Gasteiger partial charge is 0.480 e. The number of aliphatic hydroxyl groups is 1. The van der Waals surface area contributed by atoms with E-state index in [2.05, 4.69) is 16.0 Å². The van der Waals surface area contributed by atoms with Crippen molar-refractivity contribution in [1.29, 1.82) is 0 Å². The molecule has 0 aliphatic carbocycles. The number of rotatable bonds is 14. The second kappa shape index (κ2) is 14.0. The molecule has 9 N–H and O–H groups in total. The van der Waals surface area contributed by atoms with E-state index in [4.69, 9.17) is 11.5 Å². The molecule has 4 amide bonds. The van der Waals surface area contributed by atoms with Crippen LogP contribution in [0.25, 0.3) is 0 Å². The molecular formula is C23H35N5O7. The minimum absolute atomic E-state index is 0.186. The van der Waals surface area contributed by atoms with Crippen molar-refractivity contribution in [3.63, 3.8) is 0 Å². The van der Waals surface area contributed by atoms with Gasteiger partial charge in [-0.3, -0.25) is 19.2 Å². The molecular weight excluding hydrogens is 458 g/mol. The highest BCUT2D eigenvalue weighted by Gasteiger charge is 2.34. The van der Waals surface area contributed by atoms with E-state index in [0.717, 1.165) is 5.56 Å². The average molecular weight is 494 g/mol. The Labute approximate surface area is 203 Å². The highest BCUT2D eigenvalue weighted by Crippen LogP contribution is 2.10. The number of carbonyl (C=O) groups is 5. The lowest BCUT2D eigenvalue weighted by atomic mass is 9.97. The third-order valence-corrected chi connectivity index (χ3v) is 5.51. The Kier molecular flexibility index (Phi) is 11.8. The standard InChI is InChI=1S/C23H35N5O7/c1-4-12(2)18(22(33)28-19(13(3)29)23(34)35)27-21(32)16(11-17(25)30)26-20(31)15(24)10-14-8-6-5-7-9-14/h5-9,12-13,15-16,18-19,29H,4,10-11,24H2,1-3H3,(H2,25,30)(H,26,31)(H,27,32)(H,28,33)(H,34,35). The fourth-order valence-electron chi connectivity index (χ4n) is 3.24. The molecule has 0 aromatic heterocycles. The van der Waals surface area contributed by atoms with Crippen LogP contribution in [0.15, 0.2) is 30.3 Å². The predicted molar refractivity (Wildman–Crippen MR) is 126 cm³/mol. The van der Waals surface area contributed by atoms with Crippen molar-refractivity contribution in [3.05, 3.63) is 35.9 Å². The van der Waals surface area contributed by atoms with Crippen molar-refractivity contribution in [2.45, 2.75) is 70.3 Å². The third kappa shape index (κ3) is 9.71. The predicted octanol–water partition coefficient (Wildman–Crippen LogP) is -1.60. The minimum atomic E-state index is -1.59. The van der Waals surface area contributed by atoms with Crippen LogP contribution in [0.1, 0.15) is 39.2 Å². The maximum atomic E-state index is 13.0. The van der Waals surface area contributed by atoms with Crippen LogP contribution < -0.4 is 27.4 Å². The van der Waals surface area contributed by atoms with Crippen molar-refractivity contribution in [3.8, 4) is 0 Å². The van der Waals surface area contributed by atoms with Crippen LogP contribution >= 0.6 is 0 Å². The van der Waals surface area contributed by atoms with Gasteiger partial charge in [0.25, 0.3) is 0 Å². The first-order valence-corrected chi connectivity index (χ1v) is 11.3. The number of hydrogen-bond acceptors (Lipinski definition) is 7. The van der Waals surface area contributed by atoms with Crippen LogP contribution in [-0.4, -0.2) is 70.1 Å². The first-order chi connectivity index (χ1) is 16.4. The smallest absolute Gasteiger partial charge is 0.328 e. The topological polar surface area (TPSA) is 214 Å². The van der Waals surface area contributed by atoms with E-state index in [1.54, 1.807) is 38.1 Å². The van der Waals surface area contributed by atoms with Gasteiger partial charge in [-0.1, -0.05) is 50.6 Å². The summed E-state index contributed by atoms with van der Waals surface area (Å²) in [4.78, 5) is 61.2. The summed E-state index contributed by atoms with van der Waals surface area (Å²) < 4.78 is 0. The highest BCUT2D eigenvalue weighted by atomic mass is 16.4. The molecule has 6 unspecified atom stereocenters. The molecule has 0 saturated heterocycles. The maximum Gasteiger partial charge on any atom is 0.328 e. The van der Waals surface area contributed by atoms with E-state index in [1.807, 2.05) is 6.07 Å². The zero-order valence-electron chi connectivity index (χ0n) is 20.1. The van der Waals surface area contributed by atoms with Crippen molar-refractivity contribution >= 4 is 29.6 Å². The molecule has 0 radical (unpaired) electrons. The summed E-state index contributed by atoms with van der Waals surface area (Å²) in [6.07, 6.45) is -1.32. The van der Waals surface area contributed by atoms with Crippen LogP contribution in [-0.2, 0) is 30.4 Å². The second-order valence-corrected chi connectivity index (χ2v) is 8.46. The Morgan fingerprint density at radius 3 is 1.97 bits per heavy atom. The highest BCUT2D eigenvalue weighted by molar-refractivity contribution is 5.96. The number of carbonyl (C=O) groups excluding carboxylic acids is 4. The second-order valence-electron chi connectivity index (χ2n) is 8.46. The summed E-state index contributed by atoms with van der Waals surface area (Å²) >= 11 is 0. The molecule has 1 aromatic rings. The van der Waals surface area contributed by atoms with Gasteiger partial charge in [0.15, 0.2) is 6.04 Å². The molecule has 0 spiro atoms. The molecule has 0 heterocycles. The number of aliphatic carboxylic acids is 1. The number of primary amides is 1. The quantitative estimate of drug-likeness (QED) is 0.160. The third-order valence-electron chi connectivity index (χ3n) is 5.51. The van der Waals surface area contributed by atoms with Gasteiger partial charge in [0, 0.05) is 0 Å². The van der Waals surface area contributed by atoms with Gasteiger partial charge in [0.2, 0.25) is 23.6 Å². The lowest BCUT2D eigenvalue weighted by Crippen LogP contribution is -2.60. The first kappa shape index (κ1) is 29.5. The Morgan fingerprint density at radius 1 is 0.914 bits per heavy atom. The Hall–Kier alpha value is -3.51. The number of nitrogens with one attached hydrogen (secondary N) is 3. The zero-order valence-corrected chi connectivity index (χ0v) is 20.1. The normalized spacial score (nSPS) is 16.0. The van der Waals surface area contributed by atoms with Gasteiger partial charge in [-0.05, 0) is 24.8 Å². The fraction of sp³-hybridized carbons (Fsp3) is 0.522. The summed E-state index contributed by atoms with van der Waals surface area (Å²) in [5, 5.41) is 25.9. The molecule has 35 heavy (non-hydrogen) atoms. The number of aliphatic hydroxyl groups excluding tert-OH is 1. The van der Waals surface area contributed by atoms with Gasteiger partial charge in [-0.25, -0.2) is 4.79 Å². The zero-order chi connectivity index (χ0) is 26.7. The Balaban J connectivity index is 2.99. The molecule has 194 valence electrons. The molecule has 0 aliphatic rings. The average Bonchev–Trinajstić information content (AvgIpc) is 2.79. The van der Waals surface area contributed by atoms with Gasteiger partial charge in [0.1, 0.15) is 12.1 Å². The van der Waals surface area contributed by atoms with E-state index in [1.165, 1.54) is 6.92 Å². The summed E-state index contributed by atoms with van der Waals surface area (Å²) in [5.74, 6) is -5.17. The molecule has 12 heteroatoms. The maximum absolute atomic E-state index is 13.0. The Morgan fingerprint density at radius 2 is 1.49 bits per heavy atom. The van der Waals surface area contributed by atoms with Gasteiger partial charge in [-0.2, -0.15) is 0 Å². The van der Waals surface area contributed by atoms with Gasteiger partial charge in [-0.15, -0.1) is 0 Å². The molecule has 0 aliphatic heterocycles. The van der Waals surface area contributed by atoms with Crippen molar-refractivity contribution in [2.75, 3.05) is 0 Å². The summed E-state index contributed by atoms with van der Waals surface area (Å²) in [6.45, 7) is 4.61. The molecule has 6 atom stereocenters. The van der Waals surface area contributed by atoms with E-state index in [9.17, 15) is 34.2 Å². The summed E-state index contributed by atoms with van der Waals surface area (Å²) in [7, 11) is 0. The number of amides is 4. The van der Waals surface area contributed by atoms with Crippen LogP contribution in [0, 0.1) is 5.92 Å². The van der Waals surface area contributed by atoms with Crippen LogP contribution in [0.3, 0.4) is 0 Å². The molecule has 1 aromatic carbocycles. The Bertz CT molecular complexity index is 894. The number of carboxylic acids is 1. The fourth-order valence-corrected chi connectivity index (χ4v) is 3.24. The van der Waals surface area contributed by atoms with E-state index in [-0.39, 0.29) is 6.42 Å². The summed E-state index contributed by atoms with van der Waals surface area (Å²) in [6, 6.07) is 3.73. The van der Waals surface area contributed by atoms with Gasteiger partial charge >= 0.3 is 5.97 Å². The molecule has 0 bridgehead atoms. The summed E-state index contributed by atoms with van der Waals surface area (Å²) in [5.41, 5.74) is 12.0. The van der Waals surface area contributed by atoms with E-state index >= 15 is 0 Å². The van der Waals surface area contributed by atoms with Gasteiger partial charge in [0.05, 0.1) is 18.6 Å². The molecule has 0 saturated carbocycles. The van der Waals surface area contributed by atoms with Gasteiger partial charge < -0.3 is 37.6 Å². The van der Waals surface area contributed by atoms with Crippen molar-refractivity contribution < 1.29 is 34.2 Å². The number of nitrogens with two attached hydrogens (primary N) is 2. The number of carboxylic acid groups (broad SMARTS) is 1. The van der Waals surface area contributed by atoms with Crippen LogP contribution in [0.5, 0.6) is 0 Å². The van der Waals surface area contributed by atoms with E-state index < -0.39 is 72.2 Å². The van der Waals surface area contributed by atoms with Crippen molar-refractivity contribution in [2.24, 2.45) is 17.4 Å². The lowest BCUT2D eigenvalue weighted by Gasteiger charge is -2.28. The van der Waals surface area contributed by atoms with E-state index in [0.29, 0.717) is 6.42 Å². The van der Waals surface area contributed by atoms with Crippen molar-refractivity contribution in [1.82, 2.24) is 16.0 Å². The molecule has 1 rings (SSSR count). The monoisotopic (exact) mass is 493 g/mol. The SMILES string of the molecule is CCC(C)C(NC(=O)C(CC(N)=O)NC(=O)C(N)Cc1ccccc1)C(=O)NC(C(=O)O)C(C)O. The van der Waals surface area contributed by atoms with Crippen LogP contribution in [0.4, 0.5) is 0 Å². The first-order valence-electron chi connectivity index (χ1n) is 11.3.